The van der Waals surface area contributed by atoms with E-state index in [2.05, 4.69) is 10.3 Å². The number of nitrogens with one attached hydrogen (secondary N) is 1. The van der Waals surface area contributed by atoms with Gasteiger partial charge < -0.3 is 5.32 Å². The van der Waals surface area contributed by atoms with Gasteiger partial charge in [0.1, 0.15) is 11.4 Å². The van der Waals surface area contributed by atoms with Crippen LogP contribution in [-0.4, -0.2) is 15.5 Å². The number of benzene rings is 1. The zero-order chi connectivity index (χ0) is 17.6. The van der Waals surface area contributed by atoms with Gasteiger partial charge in [-0.3, -0.25) is 14.2 Å². The second-order valence-electron chi connectivity index (χ2n) is 6.22. The maximum absolute atomic E-state index is 12.8. The SMILES string of the molecule is Cc1ccc(Cl)cc1NC(=O)Cn1cnc2sc3c(c2c1=O)CCC3. The van der Waals surface area contributed by atoms with Crippen molar-refractivity contribution >= 4 is 44.7 Å². The number of aromatic nitrogens is 2. The van der Waals surface area contributed by atoms with Crippen molar-refractivity contribution < 1.29 is 4.79 Å². The molecular formula is C18H16ClN3O2S. The second-order valence-corrected chi connectivity index (χ2v) is 7.74. The summed E-state index contributed by atoms with van der Waals surface area (Å²) in [5.41, 5.74) is 2.55. The van der Waals surface area contributed by atoms with Crippen LogP contribution in [0.5, 0.6) is 0 Å². The Bertz CT molecular complexity index is 1050. The topological polar surface area (TPSA) is 64.0 Å². The van der Waals surface area contributed by atoms with Gasteiger partial charge >= 0.3 is 0 Å². The number of anilines is 1. The van der Waals surface area contributed by atoms with Crippen LogP contribution >= 0.6 is 22.9 Å². The molecule has 128 valence electrons. The fraction of sp³-hybridized carbons (Fsp3) is 0.278. The van der Waals surface area contributed by atoms with Gasteiger partial charge in [0.2, 0.25) is 5.91 Å². The lowest BCUT2D eigenvalue weighted by Crippen LogP contribution is -2.28. The quantitative estimate of drug-likeness (QED) is 0.763. The summed E-state index contributed by atoms with van der Waals surface area (Å²) < 4.78 is 1.38. The van der Waals surface area contributed by atoms with E-state index in [1.54, 1.807) is 23.5 Å². The van der Waals surface area contributed by atoms with Crippen LogP contribution in [-0.2, 0) is 24.2 Å². The molecule has 4 rings (SSSR count). The van der Waals surface area contributed by atoms with E-state index >= 15 is 0 Å². The maximum Gasteiger partial charge on any atom is 0.262 e. The minimum absolute atomic E-state index is 0.0711. The number of carbonyl (C=O) groups excluding carboxylic acids is 1. The van der Waals surface area contributed by atoms with Gasteiger partial charge in [-0.25, -0.2) is 4.98 Å². The first-order chi connectivity index (χ1) is 12.0. The summed E-state index contributed by atoms with van der Waals surface area (Å²) in [6, 6.07) is 5.31. The van der Waals surface area contributed by atoms with Crippen LogP contribution in [0.25, 0.3) is 10.2 Å². The Hall–Kier alpha value is -2.18. The van der Waals surface area contributed by atoms with Gasteiger partial charge in [0, 0.05) is 15.6 Å². The van der Waals surface area contributed by atoms with Crippen LogP contribution in [0.2, 0.25) is 5.02 Å². The third-order valence-electron chi connectivity index (χ3n) is 4.48. The van der Waals surface area contributed by atoms with Gasteiger partial charge in [0.25, 0.3) is 5.56 Å². The number of fused-ring (bicyclic) bond motifs is 3. The van der Waals surface area contributed by atoms with Crippen molar-refractivity contribution in [3.05, 3.63) is 55.9 Å². The Kier molecular flexibility index (Phi) is 4.09. The minimum Gasteiger partial charge on any atom is -0.324 e. The van der Waals surface area contributed by atoms with Gasteiger partial charge in [-0.05, 0) is 49.4 Å². The molecule has 3 aromatic rings. The third-order valence-corrected chi connectivity index (χ3v) is 5.91. The molecule has 1 aliphatic rings. The van der Waals surface area contributed by atoms with Crippen LogP contribution in [0.1, 0.15) is 22.4 Å². The first-order valence-corrected chi connectivity index (χ1v) is 9.28. The average Bonchev–Trinajstić information content (AvgIpc) is 3.14. The molecule has 0 atom stereocenters. The number of hydrogen-bond acceptors (Lipinski definition) is 4. The number of carbonyl (C=O) groups is 1. The number of halogens is 1. The minimum atomic E-state index is -0.277. The molecule has 0 unspecified atom stereocenters. The van der Waals surface area contributed by atoms with Crippen molar-refractivity contribution in [3.8, 4) is 0 Å². The van der Waals surface area contributed by atoms with Crippen molar-refractivity contribution in [2.75, 3.05) is 5.32 Å². The molecular weight excluding hydrogens is 358 g/mol. The zero-order valence-corrected chi connectivity index (χ0v) is 15.2. The molecule has 5 nitrogen and oxygen atoms in total. The summed E-state index contributed by atoms with van der Waals surface area (Å²) in [5.74, 6) is -0.277. The summed E-state index contributed by atoms with van der Waals surface area (Å²) in [6.07, 6.45) is 4.48. The first kappa shape index (κ1) is 16.3. The molecule has 2 aromatic heterocycles. The predicted octanol–water partition coefficient (Wildman–Crippen LogP) is 3.55. The molecule has 7 heteroatoms. The Labute approximate surface area is 153 Å². The molecule has 0 fully saturated rings. The summed E-state index contributed by atoms with van der Waals surface area (Å²) in [5, 5.41) is 4.05. The molecule has 0 spiro atoms. The molecule has 0 bridgehead atoms. The Morgan fingerprint density at radius 3 is 3.08 bits per heavy atom. The molecule has 1 N–H and O–H groups in total. The molecule has 0 aliphatic heterocycles. The molecule has 1 aromatic carbocycles. The number of hydrogen-bond donors (Lipinski definition) is 1. The third kappa shape index (κ3) is 2.96. The van der Waals surface area contributed by atoms with E-state index in [0.717, 1.165) is 35.2 Å². The lowest BCUT2D eigenvalue weighted by Gasteiger charge is -2.10. The van der Waals surface area contributed by atoms with E-state index in [0.29, 0.717) is 16.1 Å². The van der Waals surface area contributed by atoms with Crippen molar-refractivity contribution in [1.29, 1.82) is 0 Å². The van der Waals surface area contributed by atoms with Gasteiger partial charge in [0.15, 0.2) is 0 Å². The van der Waals surface area contributed by atoms with E-state index < -0.39 is 0 Å². The monoisotopic (exact) mass is 373 g/mol. The smallest absolute Gasteiger partial charge is 0.262 e. The maximum atomic E-state index is 12.8. The number of rotatable bonds is 3. The van der Waals surface area contributed by atoms with E-state index in [1.165, 1.54) is 15.8 Å². The van der Waals surface area contributed by atoms with E-state index in [-0.39, 0.29) is 18.0 Å². The van der Waals surface area contributed by atoms with Gasteiger partial charge in [-0.2, -0.15) is 0 Å². The van der Waals surface area contributed by atoms with E-state index in [4.69, 9.17) is 11.6 Å². The Balaban J connectivity index is 1.62. The fourth-order valence-electron chi connectivity index (χ4n) is 3.21. The van der Waals surface area contributed by atoms with Crippen LogP contribution in [0, 0.1) is 6.92 Å². The largest absolute Gasteiger partial charge is 0.324 e. The van der Waals surface area contributed by atoms with Crippen molar-refractivity contribution in [2.24, 2.45) is 0 Å². The fourth-order valence-corrected chi connectivity index (χ4v) is 4.60. The highest BCUT2D eigenvalue weighted by Crippen LogP contribution is 2.34. The van der Waals surface area contributed by atoms with Crippen molar-refractivity contribution in [1.82, 2.24) is 9.55 Å². The normalized spacial score (nSPS) is 13.2. The van der Waals surface area contributed by atoms with Crippen molar-refractivity contribution in [3.63, 3.8) is 0 Å². The van der Waals surface area contributed by atoms with Crippen molar-refractivity contribution in [2.45, 2.75) is 32.7 Å². The highest BCUT2D eigenvalue weighted by atomic mass is 35.5. The summed E-state index contributed by atoms with van der Waals surface area (Å²) >= 11 is 7.57. The number of thiophene rings is 1. The molecule has 0 saturated heterocycles. The van der Waals surface area contributed by atoms with Gasteiger partial charge in [-0.1, -0.05) is 17.7 Å². The first-order valence-electron chi connectivity index (χ1n) is 8.08. The lowest BCUT2D eigenvalue weighted by molar-refractivity contribution is -0.116. The summed E-state index contributed by atoms with van der Waals surface area (Å²) in [4.78, 5) is 31.6. The zero-order valence-electron chi connectivity index (χ0n) is 13.6. The number of amides is 1. The predicted molar refractivity (Wildman–Crippen MR) is 101 cm³/mol. The molecule has 0 saturated carbocycles. The number of aryl methyl sites for hydroxylation is 3. The summed E-state index contributed by atoms with van der Waals surface area (Å²) in [6.45, 7) is 1.82. The van der Waals surface area contributed by atoms with Gasteiger partial charge in [0.05, 0.1) is 11.7 Å². The molecule has 25 heavy (non-hydrogen) atoms. The Morgan fingerprint density at radius 2 is 2.24 bits per heavy atom. The highest BCUT2D eigenvalue weighted by Gasteiger charge is 2.21. The molecule has 1 aliphatic carbocycles. The van der Waals surface area contributed by atoms with Crippen LogP contribution in [0.3, 0.4) is 0 Å². The summed E-state index contributed by atoms with van der Waals surface area (Å²) in [7, 11) is 0. The van der Waals surface area contributed by atoms with Gasteiger partial charge in [-0.15, -0.1) is 11.3 Å². The molecule has 2 heterocycles. The average molecular weight is 374 g/mol. The lowest BCUT2D eigenvalue weighted by atomic mass is 10.2. The highest BCUT2D eigenvalue weighted by molar-refractivity contribution is 7.18. The van der Waals surface area contributed by atoms with E-state index in [9.17, 15) is 9.59 Å². The molecule has 0 radical (unpaired) electrons. The van der Waals surface area contributed by atoms with E-state index in [1.807, 2.05) is 13.0 Å². The second kappa shape index (κ2) is 6.28. The van der Waals surface area contributed by atoms with Crippen LogP contribution in [0.4, 0.5) is 5.69 Å². The standard InChI is InChI=1S/C18H16ClN3O2S/c1-10-5-6-11(19)7-13(10)21-15(23)8-22-9-20-17-16(18(22)24)12-3-2-4-14(12)25-17/h5-7,9H,2-4,8H2,1H3,(H,21,23). The number of nitrogens with zero attached hydrogens (tertiary/aromatic N) is 2. The molecule has 1 amide bonds. The van der Waals surface area contributed by atoms with Crippen LogP contribution in [0.15, 0.2) is 29.3 Å². The Morgan fingerprint density at radius 1 is 1.40 bits per heavy atom. The van der Waals surface area contributed by atoms with Crippen LogP contribution < -0.4 is 10.9 Å².